The first-order valence-electron chi connectivity index (χ1n) is 8.09. The third-order valence-corrected chi connectivity index (χ3v) is 5.99. The van der Waals surface area contributed by atoms with Crippen molar-refractivity contribution in [1.82, 2.24) is 5.32 Å². The maximum absolute atomic E-state index is 11.7. The van der Waals surface area contributed by atoms with Crippen molar-refractivity contribution in [3.63, 3.8) is 0 Å². The summed E-state index contributed by atoms with van der Waals surface area (Å²) < 4.78 is 29.4. The molecule has 0 aromatic heterocycles. The molecule has 0 spiro atoms. The molecule has 1 heterocycles. The van der Waals surface area contributed by atoms with Crippen molar-refractivity contribution < 1.29 is 13.2 Å². The van der Waals surface area contributed by atoms with Gasteiger partial charge in [0.05, 0.1) is 17.6 Å². The Morgan fingerprint density at radius 2 is 2.18 bits per heavy atom. The first-order valence-corrected chi connectivity index (χ1v) is 9.91. The summed E-state index contributed by atoms with van der Waals surface area (Å²) in [7, 11) is -2.87. The highest BCUT2D eigenvalue weighted by Crippen LogP contribution is 2.23. The van der Waals surface area contributed by atoms with Crippen LogP contribution in [0.2, 0.25) is 0 Å². The molecule has 0 radical (unpaired) electrons. The molecule has 1 aromatic rings. The molecule has 1 aliphatic heterocycles. The van der Waals surface area contributed by atoms with Crippen molar-refractivity contribution in [3.05, 3.63) is 29.3 Å². The molecule has 0 unspecified atom stereocenters. The lowest BCUT2D eigenvalue weighted by atomic mass is 10.1. The number of nitrogens with one attached hydrogen (secondary N) is 1. The van der Waals surface area contributed by atoms with Crippen molar-refractivity contribution in [2.45, 2.75) is 58.7 Å². The van der Waals surface area contributed by atoms with Crippen LogP contribution < -0.4 is 10.1 Å². The number of aryl methyl sites for hydroxylation is 1. The van der Waals surface area contributed by atoms with Gasteiger partial charge >= 0.3 is 0 Å². The maximum Gasteiger partial charge on any atom is 0.151 e. The standard InChI is InChI=1S/C17H27NO3S/c1-4-14(3)21-17-10-13(2)7-8-15(17)11-18-16-6-5-9-22(19,20)12-16/h7-8,10,14,16,18H,4-6,9,11-12H2,1-3H3/t14-,16+/m0/s1. The van der Waals surface area contributed by atoms with Gasteiger partial charge in [-0.1, -0.05) is 19.1 Å². The Morgan fingerprint density at radius 3 is 2.86 bits per heavy atom. The molecule has 1 fully saturated rings. The summed E-state index contributed by atoms with van der Waals surface area (Å²) in [6.45, 7) is 6.86. The molecule has 0 aliphatic carbocycles. The van der Waals surface area contributed by atoms with Crippen LogP contribution in [0.4, 0.5) is 0 Å². The van der Waals surface area contributed by atoms with E-state index in [2.05, 4.69) is 37.4 Å². The Hall–Kier alpha value is -1.07. The Balaban J connectivity index is 2.02. The molecule has 1 aromatic carbocycles. The second-order valence-electron chi connectivity index (χ2n) is 6.28. The monoisotopic (exact) mass is 325 g/mol. The first-order chi connectivity index (χ1) is 10.4. The number of sulfone groups is 1. The molecule has 2 atom stereocenters. The Morgan fingerprint density at radius 1 is 1.41 bits per heavy atom. The SMILES string of the molecule is CC[C@H](C)Oc1cc(C)ccc1CN[C@@H]1CCCS(=O)(=O)C1. The van der Waals surface area contributed by atoms with Gasteiger partial charge in [0, 0.05) is 18.2 Å². The van der Waals surface area contributed by atoms with E-state index in [0.717, 1.165) is 30.6 Å². The van der Waals surface area contributed by atoms with Crippen molar-refractivity contribution in [1.29, 1.82) is 0 Å². The van der Waals surface area contributed by atoms with Crippen LogP contribution in [0.1, 0.15) is 44.2 Å². The topological polar surface area (TPSA) is 55.4 Å². The molecular formula is C17H27NO3S. The molecule has 22 heavy (non-hydrogen) atoms. The smallest absolute Gasteiger partial charge is 0.151 e. The average molecular weight is 325 g/mol. The number of benzene rings is 1. The minimum atomic E-state index is -2.87. The van der Waals surface area contributed by atoms with Gasteiger partial charge in [0.2, 0.25) is 0 Å². The Bertz CT molecular complexity index is 598. The molecule has 1 aliphatic rings. The third kappa shape index (κ3) is 4.99. The minimum absolute atomic E-state index is 0.0523. The molecule has 4 nitrogen and oxygen atoms in total. The predicted molar refractivity (Wildman–Crippen MR) is 90.1 cm³/mol. The minimum Gasteiger partial charge on any atom is -0.490 e. The van der Waals surface area contributed by atoms with Crippen molar-refractivity contribution in [2.75, 3.05) is 11.5 Å². The van der Waals surface area contributed by atoms with E-state index < -0.39 is 9.84 Å². The quantitative estimate of drug-likeness (QED) is 0.874. The molecule has 124 valence electrons. The normalized spacial score (nSPS) is 22.2. The summed E-state index contributed by atoms with van der Waals surface area (Å²) in [4.78, 5) is 0. The van der Waals surface area contributed by atoms with E-state index in [4.69, 9.17) is 4.74 Å². The summed E-state index contributed by atoms with van der Waals surface area (Å²) in [5.74, 6) is 1.49. The molecular weight excluding hydrogens is 298 g/mol. The van der Waals surface area contributed by atoms with Crippen LogP contribution in [0.25, 0.3) is 0 Å². The van der Waals surface area contributed by atoms with Crippen molar-refractivity contribution >= 4 is 9.84 Å². The van der Waals surface area contributed by atoms with E-state index in [9.17, 15) is 8.42 Å². The van der Waals surface area contributed by atoms with Gasteiger partial charge in [-0.2, -0.15) is 0 Å². The van der Waals surface area contributed by atoms with Gasteiger partial charge in [0.15, 0.2) is 9.84 Å². The zero-order chi connectivity index (χ0) is 16.2. The maximum atomic E-state index is 11.7. The van der Waals surface area contributed by atoms with Gasteiger partial charge in [-0.15, -0.1) is 0 Å². The number of hydrogen-bond acceptors (Lipinski definition) is 4. The van der Waals surface area contributed by atoms with E-state index >= 15 is 0 Å². The zero-order valence-corrected chi connectivity index (χ0v) is 14.6. The molecule has 0 saturated carbocycles. The molecule has 2 rings (SSSR count). The fourth-order valence-electron chi connectivity index (χ4n) is 2.66. The van der Waals surface area contributed by atoms with Gasteiger partial charge in [0.1, 0.15) is 5.75 Å². The van der Waals surface area contributed by atoms with Crippen LogP contribution in [0.5, 0.6) is 5.75 Å². The molecule has 0 amide bonds. The van der Waals surface area contributed by atoms with Crippen LogP contribution in [0.3, 0.4) is 0 Å². The second kappa shape index (κ2) is 7.47. The summed E-state index contributed by atoms with van der Waals surface area (Å²) in [5.41, 5.74) is 2.26. The summed E-state index contributed by atoms with van der Waals surface area (Å²) in [5, 5.41) is 3.39. The fourth-order valence-corrected chi connectivity index (χ4v) is 4.33. The first kappa shape index (κ1) is 17.3. The van der Waals surface area contributed by atoms with Crippen molar-refractivity contribution in [3.8, 4) is 5.75 Å². The molecule has 1 N–H and O–H groups in total. The van der Waals surface area contributed by atoms with Crippen LogP contribution in [0, 0.1) is 6.92 Å². The fraction of sp³-hybridized carbons (Fsp3) is 0.647. The number of hydrogen-bond donors (Lipinski definition) is 1. The lowest BCUT2D eigenvalue weighted by molar-refractivity contribution is 0.214. The highest BCUT2D eigenvalue weighted by Gasteiger charge is 2.24. The third-order valence-electron chi connectivity index (χ3n) is 4.17. The van der Waals surface area contributed by atoms with E-state index in [0.29, 0.717) is 12.3 Å². The van der Waals surface area contributed by atoms with Crippen molar-refractivity contribution in [2.24, 2.45) is 0 Å². The lowest BCUT2D eigenvalue weighted by Gasteiger charge is -2.24. The van der Waals surface area contributed by atoms with Crippen LogP contribution in [0.15, 0.2) is 18.2 Å². The summed E-state index contributed by atoms with van der Waals surface area (Å²) in [6.07, 6.45) is 2.81. The van der Waals surface area contributed by atoms with Gasteiger partial charge in [-0.3, -0.25) is 0 Å². The summed E-state index contributed by atoms with van der Waals surface area (Å²) in [6, 6.07) is 6.24. The average Bonchev–Trinajstić information content (AvgIpc) is 2.45. The largest absolute Gasteiger partial charge is 0.490 e. The van der Waals surface area contributed by atoms with Gasteiger partial charge < -0.3 is 10.1 Å². The predicted octanol–water partition coefficient (Wildman–Crippen LogP) is 2.84. The van der Waals surface area contributed by atoms with E-state index in [1.165, 1.54) is 5.56 Å². The van der Waals surface area contributed by atoms with Crippen LogP contribution >= 0.6 is 0 Å². The van der Waals surface area contributed by atoms with Gasteiger partial charge in [-0.05, 0) is 44.7 Å². The molecule has 1 saturated heterocycles. The number of rotatable bonds is 6. The molecule has 0 bridgehead atoms. The van der Waals surface area contributed by atoms with E-state index in [1.807, 2.05) is 6.92 Å². The number of ether oxygens (including phenoxy) is 1. The lowest BCUT2D eigenvalue weighted by Crippen LogP contribution is -2.39. The van der Waals surface area contributed by atoms with Gasteiger partial charge in [0.25, 0.3) is 0 Å². The van der Waals surface area contributed by atoms with Gasteiger partial charge in [-0.25, -0.2) is 8.42 Å². The van der Waals surface area contributed by atoms with Crippen LogP contribution in [-0.2, 0) is 16.4 Å². The highest BCUT2D eigenvalue weighted by molar-refractivity contribution is 7.91. The van der Waals surface area contributed by atoms with E-state index in [1.54, 1.807) is 0 Å². The van der Waals surface area contributed by atoms with E-state index in [-0.39, 0.29) is 17.9 Å². The summed E-state index contributed by atoms with van der Waals surface area (Å²) >= 11 is 0. The highest BCUT2D eigenvalue weighted by atomic mass is 32.2. The zero-order valence-electron chi connectivity index (χ0n) is 13.8. The van der Waals surface area contributed by atoms with Crippen LogP contribution in [-0.4, -0.2) is 32.1 Å². The Labute approximate surface area is 134 Å². The Kier molecular flexibility index (Phi) is 5.87. The second-order valence-corrected chi connectivity index (χ2v) is 8.51. The molecule has 5 heteroatoms.